The zero-order valence-electron chi connectivity index (χ0n) is 11.1. The molecule has 0 saturated carbocycles. The normalized spacial score (nSPS) is 12.3. The summed E-state index contributed by atoms with van der Waals surface area (Å²) in [6.45, 7) is 5.15. The molecular weight excluding hydrogens is 242 g/mol. The second-order valence-electron chi connectivity index (χ2n) is 4.68. The number of fused-ring (bicyclic) bond motifs is 1. The van der Waals surface area contributed by atoms with Crippen LogP contribution in [0.15, 0.2) is 30.5 Å². The Hall–Kier alpha value is -2.17. The van der Waals surface area contributed by atoms with Crippen LogP contribution in [0, 0.1) is 16.0 Å². The second kappa shape index (κ2) is 5.65. The van der Waals surface area contributed by atoms with E-state index in [0.29, 0.717) is 11.4 Å². The van der Waals surface area contributed by atoms with Gasteiger partial charge in [0.1, 0.15) is 5.52 Å². The van der Waals surface area contributed by atoms with Crippen molar-refractivity contribution in [3.8, 4) is 0 Å². The van der Waals surface area contributed by atoms with Crippen molar-refractivity contribution in [3.05, 3.63) is 40.6 Å². The number of benzene rings is 1. The molecule has 0 aliphatic heterocycles. The van der Waals surface area contributed by atoms with Crippen molar-refractivity contribution in [1.29, 1.82) is 0 Å². The number of hydrogen-bond donors (Lipinski definition) is 1. The summed E-state index contributed by atoms with van der Waals surface area (Å²) >= 11 is 0. The molecule has 0 aliphatic rings. The first-order chi connectivity index (χ1) is 9.13. The molecule has 1 aromatic carbocycles. The molecule has 1 atom stereocenters. The molecule has 5 heteroatoms. The number of anilines is 1. The maximum absolute atomic E-state index is 11.0. The third-order valence-corrected chi connectivity index (χ3v) is 3.28. The van der Waals surface area contributed by atoms with E-state index in [0.717, 1.165) is 24.0 Å². The highest BCUT2D eigenvalue weighted by molar-refractivity contribution is 5.96. The fraction of sp³-hybridized carbons (Fsp3) is 0.357. The van der Waals surface area contributed by atoms with Crippen LogP contribution in [0.1, 0.15) is 20.3 Å². The average Bonchev–Trinajstić information content (AvgIpc) is 2.43. The summed E-state index contributed by atoms with van der Waals surface area (Å²) in [6.07, 6.45) is 2.70. The van der Waals surface area contributed by atoms with Crippen LogP contribution in [-0.2, 0) is 0 Å². The Labute approximate surface area is 111 Å². The minimum Gasteiger partial charge on any atom is -0.384 e. The Morgan fingerprint density at radius 2 is 2.21 bits per heavy atom. The number of non-ortho nitro benzene ring substituents is 1. The Bertz CT molecular complexity index is 598. The number of nitro groups is 1. The lowest BCUT2D eigenvalue weighted by Gasteiger charge is -2.13. The topological polar surface area (TPSA) is 68.1 Å². The summed E-state index contributed by atoms with van der Waals surface area (Å²) in [4.78, 5) is 14.7. The minimum atomic E-state index is -0.395. The van der Waals surface area contributed by atoms with Gasteiger partial charge < -0.3 is 5.32 Å². The van der Waals surface area contributed by atoms with Crippen molar-refractivity contribution in [2.24, 2.45) is 5.92 Å². The average molecular weight is 259 g/mol. The Morgan fingerprint density at radius 1 is 1.42 bits per heavy atom. The number of pyridine rings is 1. The fourth-order valence-electron chi connectivity index (χ4n) is 1.89. The lowest BCUT2D eigenvalue weighted by molar-refractivity contribution is -0.383. The van der Waals surface area contributed by atoms with Gasteiger partial charge >= 0.3 is 0 Å². The minimum absolute atomic E-state index is 0.0460. The molecule has 0 fully saturated rings. The molecule has 2 aromatic rings. The summed E-state index contributed by atoms with van der Waals surface area (Å²) in [6, 6.07) is 6.88. The Morgan fingerprint density at radius 3 is 2.89 bits per heavy atom. The molecule has 1 unspecified atom stereocenters. The Kier molecular flexibility index (Phi) is 3.94. The van der Waals surface area contributed by atoms with Crippen LogP contribution < -0.4 is 5.32 Å². The van der Waals surface area contributed by atoms with Gasteiger partial charge in [0.2, 0.25) is 0 Å². The van der Waals surface area contributed by atoms with Gasteiger partial charge in [-0.05, 0) is 12.0 Å². The van der Waals surface area contributed by atoms with Crippen molar-refractivity contribution in [3.63, 3.8) is 0 Å². The van der Waals surface area contributed by atoms with Crippen molar-refractivity contribution in [2.45, 2.75) is 20.3 Å². The van der Waals surface area contributed by atoms with Crippen molar-refractivity contribution >= 4 is 22.3 Å². The van der Waals surface area contributed by atoms with Gasteiger partial charge in [0.25, 0.3) is 5.69 Å². The number of hydrogen-bond acceptors (Lipinski definition) is 4. The number of nitrogens with one attached hydrogen (secondary N) is 1. The van der Waals surface area contributed by atoms with Crippen LogP contribution in [0.5, 0.6) is 0 Å². The van der Waals surface area contributed by atoms with E-state index < -0.39 is 4.92 Å². The number of aromatic nitrogens is 1. The highest BCUT2D eigenvalue weighted by Crippen LogP contribution is 2.28. The molecule has 1 aromatic heterocycles. The van der Waals surface area contributed by atoms with Crippen molar-refractivity contribution in [1.82, 2.24) is 4.98 Å². The first-order valence-electron chi connectivity index (χ1n) is 6.39. The second-order valence-corrected chi connectivity index (χ2v) is 4.68. The molecule has 19 heavy (non-hydrogen) atoms. The quantitative estimate of drug-likeness (QED) is 0.658. The summed E-state index contributed by atoms with van der Waals surface area (Å²) in [5, 5.41) is 15.1. The predicted octanol–water partition coefficient (Wildman–Crippen LogP) is 3.60. The largest absolute Gasteiger partial charge is 0.384 e. The predicted molar refractivity (Wildman–Crippen MR) is 76.3 cm³/mol. The molecule has 100 valence electrons. The van der Waals surface area contributed by atoms with Gasteiger partial charge in [0, 0.05) is 29.9 Å². The van der Waals surface area contributed by atoms with Crippen LogP contribution in [0.4, 0.5) is 11.4 Å². The van der Waals surface area contributed by atoms with E-state index in [1.165, 1.54) is 6.07 Å². The van der Waals surface area contributed by atoms with Gasteiger partial charge in [-0.1, -0.05) is 32.4 Å². The fourth-order valence-corrected chi connectivity index (χ4v) is 1.89. The first-order valence-corrected chi connectivity index (χ1v) is 6.39. The summed E-state index contributed by atoms with van der Waals surface area (Å²) in [5.41, 5.74) is 1.38. The molecule has 0 aliphatic carbocycles. The van der Waals surface area contributed by atoms with E-state index in [1.54, 1.807) is 12.3 Å². The molecule has 0 radical (unpaired) electrons. The lowest BCUT2D eigenvalue weighted by atomic mass is 10.1. The summed E-state index contributed by atoms with van der Waals surface area (Å²) in [5.74, 6) is 0.557. The third kappa shape index (κ3) is 2.81. The molecular formula is C14H17N3O2. The SMILES string of the molecule is CCC(C)CNc1ccnc2c([N+](=O)[O-])cccc12. The van der Waals surface area contributed by atoms with E-state index in [9.17, 15) is 10.1 Å². The van der Waals surface area contributed by atoms with Gasteiger partial charge in [-0.2, -0.15) is 0 Å². The van der Waals surface area contributed by atoms with Gasteiger partial charge in [0.15, 0.2) is 0 Å². The van der Waals surface area contributed by atoms with Crippen molar-refractivity contribution < 1.29 is 4.92 Å². The zero-order valence-corrected chi connectivity index (χ0v) is 11.1. The first kappa shape index (κ1) is 13.3. The molecule has 1 N–H and O–H groups in total. The summed E-state index contributed by atoms with van der Waals surface area (Å²) in [7, 11) is 0. The van der Waals surface area contributed by atoms with Gasteiger partial charge in [0.05, 0.1) is 4.92 Å². The molecule has 0 saturated heterocycles. The maximum atomic E-state index is 11.0. The third-order valence-electron chi connectivity index (χ3n) is 3.28. The maximum Gasteiger partial charge on any atom is 0.295 e. The van der Waals surface area contributed by atoms with Crippen LogP contribution >= 0.6 is 0 Å². The lowest BCUT2D eigenvalue weighted by Crippen LogP contribution is -2.10. The highest BCUT2D eigenvalue weighted by Gasteiger charge is 2.14. The molecule has 2 rings (SSSR count). The standard InChI is InChI=1S/C14H17N3O2/c1-3-10(2)9-16-12-7-8-15-14-11(12)5-4-6-13(14)17(18)19/h4-8,10H,3,9H2,1-2H3,(H,15,16). The van der Waals surface area contributed by atoms with E-state index in [2.05, 4.69) is 24.1 Å². The van der Waals surface area contributed by atoms with Gasteiger partial charge in [-0.3, -0.25) is 10.1 Å². The summed E-state index contributed by atoms with van der Waals surface area (Å²) < 4.78 is 0. The van der Waals surface area contributed by atoms with E-state index in [1.807, 2.05) is 12.1 Å². The molecule has 0 amide bonds. The molecule has 5 nitrogen and oxygen atoms in total. The highest BCUT2D eigenvalue weighted by atomic mass is 16.6. The molecule has 0 spiro atoms. The van der Waals surface area contributed by atoms with E-state index >= 15 is 0 Å². The number of nitrogens with zero attached hydrogens (tertiary/aromatic N) is 2. The van der Waals surface area contributed by atoms with Gasteiger partial charge in [-0.15, -0.1) is 0 Å². The van der Waals surface area contributed by atoms with Gasteiger partial charge in [-0.25, -0.2) is 4.98 Å². The number of nitro benzene ring substituents is 1. The smallest absolute Gasteiger partial charge is 0.295 e. The zero-order chi connectivity index (χ0) is 13.8. The van der Waals surface area contributed by atoms with Crippen LogP contribution in [-0.4, -0.2) is 16.5 Å². The van der Waals surface area contributed by atoms with E-state index in [4.69, 9.17) is 0 Å². The van der Waals surface area contributed by atoms with Crippen LogP contribution in [0.3, 0.4) is 0 Å². The number of para-hydroxylation sites is 1. The van der Waals surface area contributed by atoms with Crippen LogP contribution in [0.25, 0.3) is 10.9 Å². The number of rotatable bonds is 5. The molecule has 0 bridgehead atoms. The van der Waals surface area contributed by atoms with Crippen molar-refractivity contribution in [2.75, 3.05) is 11.9 Å². The molecule has 1 heterocycles. The Balaban J connectivity index is 2.40. The monoisotopic (exact) mass is 259 g/mol. The van der Waals surface area contributed by atoms with Crippen LogP contribution in [0.2, 0.25) is 0 Å². The van der Waals surface area contributed by atoms with E-state index in [-0.39, 0.29) is 5.69 Å².